The van der Waals surface area contributed by atoms with E-state index in [1.807, 2.05) is 0 Å². The van der Waals surface area contributed by atoms with Gasteiger partial charge in [-0.1, -0.05) is 24.6 Å². The van der Waals surface area contributed by atoms with E-state index >= 15 is 4.39 Å². The van der Waals surface area contributed by atoms with Gasteiger partial charge in [-0.25, -0.2) is 8.78 Å². The van der Waals surface area contributed by atoms with Gasteiger partial charge in [0.15, 0.2) is 0 Å². The number of likely N-dealkylation sites (tertiary alicyclic amines) is 1. The van der Waals surface area contributed by atoms with Crippen molar-refractivity contribution in [1.82, 2.24) is 9.88 Å². The average Bonchev–Trinajstić information content (AvgIpc) is 2.72. The zero-order chi connectivity index (χ0) is 29.1. The zero-order valence-corrected chi connectivity index (χ0v) is 15.8. The molecule has 3 nitrogen and oxygen atoms in total. The highest BCUT2D eigenvalue weighted by atomic mass is 35.5. The lowest BCUT2D eigenvalue weighted by Crippen LogP contribution is -2.44. The molecule has 150 valence electrons. The molecule has 1 saturated heterocycles. The van der Waals surface area contributed by atoms with Crippen molar-refractivity contribution in [3.05, 3.63) is 64.2 Å². The fourth-order valence-corrected chi connectivity index (χ4v) is 2.67. The van der Waals surface area contributed by atoms with Crippen molar-refractivity contribution < 1.29 is 27.3 Å². The van der Waals surface area contributed by atoms with Gasteiger partial charge in [-0.2, -0.15) is 0 Å². The molecule has 0 spiro atoms. The largest absolute Gasteiger partial charge is 0.338 e. The third-order valence-corrected chi connectivity index (χ3v) is 4.42. The Hall–Kier alpha value is -2.01. The molecule has 1 amide bonds. The number of nitrogens with zero attached hydrogens (tertiary/aromatic N) is 2. The first-order valence-electron chi connectivity index (χ1n) is 13.5. The van der Waals surface area contributed by atoms with Crippen LogP contribution in [-0.2, 0) is 12.7 Å². The maximum Gasteiger partial charge on any atom is 0.253 e. The minimum Gasteiger partial charge on any atom is -0.338 e. The molecule has 3 rings (SSSR count). The Balaban J connectivity index is 1.91. The van der Waals surface area contributed by atoms with Gasteiger partial charge in [0.1, 0.15) is 11.5 Å². The zero-order valence-electron chi connectivity index (χ0n) is 25.0. The molecule has 0 bridgehead atoms. The lowest BCUT2D eigenvalue weighted by molar-refractivity contribution is 0.0389. The van der Waals surface area contributed by atoms with Crippen molar-refractivity contribution in [3.63, 3.8) is 0 Å². The predicted octanol–water partition coefficient (Wildman–Crippen LogP) is 5.40. The number of alkyl halides is 1. The summed E-state index contributed by atoms with van der Waals surface area (Å²) in [6.07, 6.45) is -10.2. The predicted molar refractivity (Wildman–Crippen MR) is 107 cm³/mol. The number of benzene rings is 1. The number of amides is 1. The van der Waals surface area contributed by atoms with Crippen LogP contribution in [-0.4, -0.2) is 34.5 Å². The molecule has 1 aromatic heterocycles. The molecular formula is C22H25ClF2N2O. The average molecular weight is 417 g/mol. The van der Waals surface area contributed by atoms with Crippen molar-refractivity contribution in [3.8, 4) is 0 Å². The Bertz CT molecular complexity index is 1200. The molecule has 0 N–H and O–H groups in total. The maximum absolute atomic E-state index is 16.3. The van der Waals surface area contributed by atoms with Gasteiger partial charge in [-0.15, -0.1) is 0 Å². The number of piperidine rings is 1. The SMILES string of the molecule is [2H]C([2H])(C)c1ccc(C([2H])([2H])CC([2H])([2H])C2(F)CC([2H])([2H])N(C(=O)c3ccc(F)c(Cl)c3)C([2H])([2H])C2)nc1. The van der Waals surface area contributed by atoms with Gasteiger partial charge in [0.05, 0.1) is 5.02 Å². The Kier molecular flexibility index (Phi) is 3.61. The molecule has 0 radical (unpaired) electrons. The van der Waals surface area contributed by atoms with Crippen molar-refractivity contribution in [2.75, 3.05) is 13.0 Å². The number of carbonyl (C=O) groups is 1. The first-order chi connectivity index (χ1) is 17.0. The molecule has 0 atom stereocenters. The second-order valence-electron chi connectivity index (χ2n) is 6.12. The van der Waals surface area contributed by atoms with Crippen LogP contribution >= 0.6 is 11.6 Å². The van der Waals surface area contributed by atoms with Crippen molar-refractivity contribution in [2.45, 2.75) is 51.0 Å². The van der Waals surface area contributed by atoms with Gasteiger partial charge >= 0.3 is 0 Å². The van der Waals surface area contributed by atoms with E-state index in [0.29, 0.717) is 0 Å². The van der Waals surface area contributed by atoms with Crippen LogP contribution in [0.5, 0.6) is 0 Å². The number of aromatic nitrogens is 1. The van der Waals surface area contributed by atoms with Crippen LogP contribution in [0.2, 0.25) is 5.02 Å². The normalized spacial score (nSPS) is 26.6. The van der Waals surface area contributed by atoms with Gasteiger partial charge in [0.2, 0.25) is 0 Å². The number of rotatable bonds is 6. The van der Waals surface area contributed by atoms with Gasteiger partial charge in [0, 0.05) is 44.2 Å². The standard InChI is InChI=1S/C22H25ClF2N2O/c1-2-16-5-7-18(26-15-16)4-3-9-22(25)10-12-27(13-11-22)21(28)17-6-8-20(24)19(23)14-17/h5-8,14-15H,2-4,9-13H2,1H3/i2D2,4D2,9D2,12D2,13D2. The highest BCUT2D eigenvalue weighted by Crippen LogP contribution is 2.32. The van der Waals surface area contributed by atoms with Gasteiger partial charge in [-0.3, -0.25) is 9.78 Å². The Labute approximate surface area is 183 Å². The van der Waals surface area contributed by atoms with Gasteiger partial charge in [0.25, 0.3) is 5.91 Å². The van der Waals surface area contributed by atoms with Crippen molar-refractivity contribution in [1.29, 1.82) is 0 Å². The van der Waals surface area contributed by atoms with E-state index in [0.717, 1.165) is 30.5 Å². The van der Waals surface area contributed by atoms with E-state index in [-0.39, 0.29) is 21.7 Å². The number of halogens is 3. The summed E-state index contributed by atoms with van der Waals surface area (Å²) in [4.78, 5) is 17.0. The molecule has 1 aliphatic rings. The molecule has 0 saturated carbocycles. The van der Waals surface area contributed by atoms with Crippen LogP contribution in [0.15, 0.2) is 36.5 Å². The van der Waals surface area contributed by atoms with Crippen molar-refractivity contribution in [2.24, 2.45) is 0 Å². The lowest BCUT2D eigenvalue weighted by atomic mass is 9.87. The Morgan fingerprint density at radius 2 is 2.11 bits per heavy atom. The highest BCUT2D eigenvalue weighted by molar-refractivity contribution is 6.31. The summed E-state index contributed by atoms with van der Waals surface area (Å²) in [5.74, 6) is -2.12. The summed E-state index contributed by atoms with van der Waals surface area (Å²) < 4.78 is 112. The van der Waals surface area contributed by atoms with Crippen LogP contribution < -0.4 is 0 Å². The molecule has 1 fully saturated rings. The number of hydrogen-bond acceptors (Lipinski definition) is 2. The van der Waals surface area contributed by atoms with E-state index in [1.165, 1.54) is 13.0 Å². The summed E-state index contributed by atoms with van der Waals surface area (Å²) in [5.41, 5.74) is -3.79. The van der Waals surface area contributed by atoms with Gasteiger partial charge in [-0.05, 0) is 68.2 Å². The molecule has 2 aromatic rings. The fourth-order valence-electron chi connectivity index (χ4n) is 2.49. The summed E-state index contributed by atoms with van der Waals surface area (Å²) in [7, 11) is 0. The molecular weight excluding hydrogens is 382 g/mol. The molecule has 0 unspecified atom stereocenters. The number of carbonyl (C=O) groups excluding carboxylic acids is 1. The summed E-state index contributed by atoms with van der Waals surface area (Å²) in [6, 6.07) is 5.08. The quantitative estimate of drug-likeness (QED) is 0.631. The molecule has 1 aliphatic heterocycles. The van der Waals surface area contributed by atoms with E-state index in [9.17, 15) is 9.18 Å². The van der Waals surface area contributed by atoms with Crippen LogP contribution in [0, 0.1) is 5.82 Å². The fraction of sp³-hybridized carbons (Fsp3) is 0.455. The second kappa shape index (κ2) is 8.99. The summed E-state index contributed by atoms with van der Waals surface area (Å²) in [6.45, 7) is -4.87. The third kappa shape index (κ3) is 5.07. The van der Waals surface area contributed by atoms with Crippen LogP contribution in [0.4, 0.5) is 8.78 Å². The summed E-state index contributed by atoms with van der Waals surface area (Å²) in [5, 5.41) is -0.468. The summed E-state index contributed by atoms with van der Waals surface area (Å²) >= 11 is 5.68. The molecule has 2 heterocycles. The smallest absolute Gasteiger partial charge is 0.253 e. The molecule has 1 aromatic carbocycles. The van der Waals surface area contributed by atoms with E-state index < -0.39 is 73.8 Å². The first-order valence-corrected chi connectivity index (χ1v) is 8.86. The topological polar surface area (TPSA) is 33.2 Å². The Morgan fingerprint density at radius 3 is 2.71 bits per heavy atom. The minimum atomic E-state index is -3.26. The second-order valence-corrected chi connectivity index (χ2v) is 6.52. The van der Waals surface area contributed by atoms with Gasteiger partial charge < -0.3 is 4.90 Å². The van der Waals surface area contributed by atoms with Crippen molar-refractivity contribution >= 4 is 17.5 Å². The number of aryl methyl sites for hydroxylation is 2. The third-order valence-electron chi connectivity index (χ3n) is 4.13. The van der Waals surface area contributed by atoms with E-state index in [4.69, 9.17) is 25.3 Å². The Morgan fingerprint density at radius 1 is 1.36 bits per heavy atom. The van der Waals surface area contributed by atoms with E-state index in [2.05, 4.69) is 4.98 Å². The number of pyridine rings is 1. The molecule has 6 heteroatoms. The first kappa shape index (κ1) is 11.2. The lowest BCUT2D eigenvalue weighted by Gasteiger charge is -2.36. The maximum atomic E-state index is 16.3. The monoisotopic (exact) mass is 416 g/mol. The molecule has 0 aliphatic carbocycles. The van der Waals surface area contributed by atoms with Crippen LogP contribution in [0.1, 0.15) is 67.9 Å². The van der Waals surface area contributed by atoms with Crippen LogP contribution in [0.3, 0.4) is 0 Å². The molecule has 28 heavy (non-hydrogen) atoms. The number of hydrogen-bond donors (Lipinski definition) is 0. The minimum absolute atomic E-state index is 0.130. The highest BCUT2D eigenvalue weighted by Gasteiger charge is 2.35. The van der Waals surface area contributed by atoms with Crippen LogP contribution in [0.25, 0.3) is 0 Å². The van der Waals surface area contributed by atoms with E-state index in [1.54, 1.807) is 0 Å².